The van der Waals surface area contributed by atoms with E-state index in [0.29, 0.717) is 23.7 Å². The van der Waals surface area contributed by atoms with Crippen LogP contribution in [0.4, 0.5) is 5.69 Å². The molecule has 1 aromatic rings. The minimum atomic E-state index is -0.242. The zero-order chi connectivity index (χ0) is 12.0. The Labute approximate surface area is 99.5 Å². The van der Waals surface area contributed by atoms with Crippen LogP contribution in [0.15, 0.2) is 18.2 Å². The van der Waals surface area contributed by atoms with Gasteiger partial charge in [-0.1, -0.05) is 11.6 Å². The zero-order valence-corrected chi connectivity index (χ0v) is 10.0. The Bertz CT molecular complexity index is 368. The van der Waals surface area contributed by atoms with E-state index in [1.165, 1.54) is 7.11 Å². The molecule has 0 aliphatic heterocycles. The molecule has 5 heteroatoms. The van der Waals surface area contributed by atoms with Gasteiger partial charge in [-0.3, -0.25) is 4.79 Å². The van der Waals surface area contributed by atoms with Crippen LogP contribution < -0.4 is 10.1 Å². The fourth-order valence-electron chi connectivity index (χ4n) is 1.18. The lowest BCUT2D eigenvalue weighted by Crippen LogP contribution is -2.09. The Kier molecular flexibility index (Phi) is 4.92. The second-order valence-electron chi connectivity index (χ2n) is 3.10. The topological polar surface area (TPSA) is 47.6 Å². The van der Waals surface area contributed by atoms with Gasteiger partial charge in [-0.05, 0) is 12.1 Å². The largest absolute Gasteiger partial charge is 0.495 e. The summed E-state index contributed by atoms with van der Waals surface area (Å²) in [6.07, 6.45) is 0.321. The first-order valence-corrected chi connectivity index (χ1v) is 5.19. The van der Waals surface area contributed by atoms with Crippen molar-refractivity contribution < 1.29 is 14.3 Å². The average Bonchev–Trinajstić information content (AvgIpc) is 2.31. The molecule has 88 valence electrons. The highest BCUT2D eigenvalue weighted by atomic mass is 35.5. The number of methoxy groups -OCH3 is 2. The lowest BCUT2D eigenvalue weighted by molar-refractivity contribution is -0.140. The molecule has 4 nitrogen and oxygen atoms in total. The van der Waals surface area contributed by atoms with Gasteiger partial charge in [0.1, 0.15) is 5.75 Å². The second-order valence-corrected chi connectivity index (χ2v) is 3.51. The van der Waals surface area contributed by atoms with Crippen LogP contribution in [0.25, 0.3) is 0 Å². The number of carbonyl (C=O) groups is 1. The number of esters is 1. The minimum Gasteiger partial charge on any atom is -0.495 e. The third-order valence-electron chi connectivity index (χ3n) is 2.04. The van der Waals surface area contributed by atoms with E-state index in [0.717, 1.165) is 5.69 Å². The minimum absolute atomic E-state index is 0.242. The van der Waals surface area contributed by atoms with E-state index in [1.54, 1.807) is 19.2 Å². The molecule has 0 fully saturated rings. The number of anilines is 1. The molecule has 0 amide bonds. The quantitative estimate of drug-likeness (QED) is 0.807. The summed E-state index contributed by atoms with van der Waals surface area (Å²) >= 11 is 5.88. The Morgan fingerprint density at radius 2 is 2.19 bits per heavy atom. The van der Waals surface area contributed by atoms with Crippen LogP contribution >= 0.6 is 11.6 Å². The van der Waals surface area contributed by atoms with Crippen molar-refractivity contribution in [3.63, 3.8) is 0 Å². The molecule has 0 aliphatic rings. The van der Waals surface area contributed by atoms with Gasteiger partial charge >= 0.3 is 5.97 Å². The van der Waals surface area contributed by atoms with Gasteiger partial charge in [0.15, 0.2) is 0 Å². The Morgan fingerprint density at radius 3 is 2.81 bits per heavy atom. The van der Waals surface area contributed by atoms with Gasteiger partial charge in [-0.15, -0.1) is 0 Å². The van der Waals surface area contributed by atoms with Gasteiger partial charge in [0, 0.05) is 18.3 Å². The maximum absolute atomic E-state index is 10.9. The van der Waals surface area contributed by atoms with Gasteiger partial charge in [-0.2, -0.15) is 0 Å². The number of carbonyl (C=O) groups excluding carboxylic acids is 1. The maximum Gasteiger partial charge on any atom is 0.307 e. The van der Waals surface area contributed by atoms with E-state index in [1.807, 2.05) is 6.07 Å². The molecular formula is C11H14ClNO3. The molecule has 0 spiro atoms. The van der Waals surface area contributed by atoms with Crippen LogP contribution in [-0.4, -0.2) is 26.7 Å². The van der Waals surface area contributed by atoms with Crippen molar-refractivity contribution in [2.75, 3.05) is 26.1 Å². The summed E-state index contributed by atoms with van der Waals surface area (Å²) in [6, 6.07) is 5.34. The number of ether oxygens (including phenoxy) is 2. The van der Waals surface area contributed by atoms with Crippen molar-refractivity contribution in [2.45, 2.75) is 6.42 Å². The van der Waals surface area contributed by atoms with E-state index in [-0.39, 0.29) is 5.97 Å². The summed E-state index contributed by atoms with van der Waals surface area (Å²) in [7, 11) is 2.92. The van der Waals surface area contributed by atoms with Crippen LogP contribution in [0.2, 0.25) is 5.02 Å². The maximum atomic E-state index is 10.9. The molecular weight excluding hydrogens is 230 g/mol. The molecule has 1 rings (SSSR count). The van der Waals surface area contributed by atoms with E-state index >= 15 is 0 Å². The molecule has 0 atom stereocenters. The number of benzene rings is 1. The van der Waals surface area contributed by atoms with Crippen molar-refractivity contribution >= 4 is 23.3 Å². The lowest BCUT2D eigenvalue weighted by Gasteiger charge is -2.08. The molecule has 0 radical (unpaired) electrons. The first-order valence-electron chi connectivity index (χ1n) is 4.81. The van der Waals surface area contributed by atoms with Crippen molar-refractivity contribution in [1.82, 2.24) is 0 Å². The highest BCUT2D eigenvalue weighted by molar-refractivity contribution is 6.32. The molecule has 0 saturated carbocycles. The van der Waals surface area contributed by atoms with Crippen LogP contribution in [-0.2, 0) is 9.53 Å². The van der Waals surface area contributed by atoms with Crippen LogP contribution in [0, 0.1) is 0 Å². The monoisotopic (exact) mass is 243 g/mol. The van der Waals surface area contributed by atoms with E-state index < -0.39 is 0 Å². The van der Waals surface area contributed by atoms with Crippen LogP contribution in [0.3, 0.4) is 0 Å². The summed E-state index contributed by atoms with van der Waals surface area (Å²) in [4.78, 5) is 10.9. The van der Waals surface area contributed by atoms with Crippen molar-refractivity contribution in [1.29, 1.82) is 0 Å². The Morgan fingerprint density at radius 1 is 1.44 bits per heavy atom. The molecule has 0 saturated heterocycles. The van der Waals surface area contributed by atoms with E-state index in [4.69, 9.17) is 16.3 Å². The Hall–Kier alpha value is -1.42. The van der Waals surface area contributed by atoms with Gasteiger partial charge < -0.3 is 14.8 Å². The zero-order valence-electron chi connectivity index (χ0n) is 9.25. The molecule has 0 heterocycles. The third kappa shape index (κ3) is 3.62. The predicted molar refractivity (Wildman–Crippen MR) is 63.1 cm³/mol. The molecule has 1 N–H and O–H groups in total. The summed E-state index contributed by atoms with van der Waals surface area (Å²) in [5, 5.41) is 3.63. The van der Waals surface area contributed by atoms with E-state index in [9.17, 15) is 4.79 Å². The first kappa shape index (κ1) is 12.6. The first-order chi connectivity index (χ1) is 7.67. The molecule has 0 unspecified atom stereocenters. The third-order valence-corrected chi connectivity index (χ3v) is 2.35. The second kappa shape index (κ2) is 6.23. The molecule has 0 bridgehead atoms. The van der Waals surface area contributed by atoms with Gasteiger partial charge in [-0.25, -0.2) is 0 Å². The van der Waals surface area contributed by atoms with Gasteiger partial charge in [0.25, 0.3) is 0 Å². The van der Waals surface area contributed by atoms with Crippen molar-refractivity contribution in [2.24, 2.45) is 0 Å². The summed E-state index contributed by atoms with van der Waals surface area (Å²) in [5.41, 5.74) is 0.852. The number of hydrogen-bond donors (Lipinski definition) is 1. The van der Waals surface area contributed by atoms with Gasteiger partial charge in [0.05, 0.1) is 25.7 Å². The molecule has 0 aliphatic carbocycles. The molecule has 16 heavy (non-hydrogen) atoms. The number of halogens is 1. The van der Waals surface area contributed by atoms with Crippen LogP contribution in [0.1, 0.15) is 6.42 Å². The average molecular weight is 244 g/mol. The fourth-order valence-corrected chi connectivity index (χ4v) is 1.38. The normalized spacial score (nSPS) is 9.69. The Balaban J connectivity index is 2.51. The lowest BCUT2D eigenvalue weighted by atomic mass is 10.3. The molecule has 1 aromatic carbocycles. The van der Waals surface area contributed by atoms with Crippen molar-refractivity contribution in [3.05, 3.63) is 23.2 Å². The van der Waals surface area contributed by atoms with E-state index in [2.05, 4.69) is 10.1 Å². The fraction of sp³-hybridized carbons (Fsp3) is 0.364. The standard InChI is InChI=1S/C11H14ClNO3/c1-15-10-7-8(3-4-9(10)12)13-6-5-11(14)16-2/h3-4,7,13H,5-6H2,1-2H3. The highest BCUT2D eigenvalue weighted by Gasteiger charge is 2.03. The summed E-state index contributed by atoms with van der Waals surface area (Å²) < 4.78 is 9.60. The molecule has 0 aromatic heterocycles. The van der Waals surface area contributed by atoms with Crippen LogP contribution in [0.5, 0.6) is 5.75 Å². The number of rotatable bonds is 5. The smallest absolute Gasteiger partial charge is 0.307 e. The highest BCUT2D eigenvalue weighted by Crippen LogP contribution is 2.27. The van der Waals surface area contributed by atoms with Crippen molar-refractivity contribution in [3.8, 4) is 5.75 Å². The van der Waals surface area contributed by atoms with Gasteiger partial charge in [0.2, 0.25) is 0 Å². The SMILES string of the molecule is COC(=O)CCNc1ccc(Cl)c(OC)c1. The summed E-state index contributed by atoms with van der Waals surface area (Å²) in [5.74, 6) is 0.359. The summed E-state index contributed by atoms with van der Waals surface area (Å²) in [6.45, 7) is 0.511. The number of nitrogens with one attached hydrogen (secondary N) is 1. The number of hydrogen-bond acceptors (Lipinski definition) is 4. The predicted octanol–water partition coefficient (Wildman–Crippen LogP) is 2.32.